The van der Waals surface area contributed by atoms with E-state index in [-0.39, 0.29) is 23.9 Å². The van der Waals surface area contributed by atoms with Crippen molar-refractivity contribution < 1.29 is 14.6 Å². The fraction of sp³-hybridized carbons (Fsp3) is 0.381. The first-order chi connectivity index (χ1) is 12.6. The van der Waals surface area contributed by atoms with Gasteiger partial charge in [0.2, 0.25) is 0 Å². The molecular formula is C21H26N2O3. The van der Waals surface area contributed by atoms with Crippen LogP contribution in [0.1, 0.15) is 30.6 Å². The lowest BCUT2D eigenvalue weighted by molar-refractivity contribution is -0.0157. The van der Waals surface area contributed by atoms with Crippen molar-refractivity contribution in [3.63, 3.8) is 0 Å². The van der Waals surface area contributed by atoms with Crippen molar-refractivity contribution in [2.75, 3.05) is 19.7 Å². The van der Waals surface area contributed by atoms with E-state index in [0.29, 0.717) is 19.7 Å². The molecule has 5 heteroatoms. The number of carbonyl (C=O) groups excluding carboxylic acids is 1. The third kappa shape index (κ3) is 4.99. The van der Waals surface area contributed by atoms with Crippen molar-refractivity contribution in [3.8, 4) is 5.75 Å². The number of aryl methyl sites for hydroxylation is 1. The molecule has 1 aliphatic rings. The summed E-state index contributed by atoms with van der Waals surface area (Å²) in [4.78, 5) is 14.4. The summed E-state index contributed by atoms with van der Waals surface area (Å²) in [6.07, 6.45) is 1.64. The maximum atomic E-state index is 12.6. The standard InChI is InChI=1S/C21H26N2O3/c1-16(7-8-17-9-11-19(24)12-10-17)22-21(25)23-13-14-26-20(15-23)18-5-3-2-4-6-18/h2-6,9-12,16,20,24H,7-8,13-15H2,1H3,(H,22,25). The van der Waals surface area contributed by atoms with Crippen LogP contribution in [0, 0.1) is 0 Å². The van der Waals surface area contributed by atoms with Crippen molar-refractivity contribution in [1.82, 2.24) is 10.2 Å². The molecule has 2 N–H and O–H groups in total. The first-order valence-electron chi connectivity index (χ1n) is 9.11. The Morgan fingerprint density at radius 1 is 1.23 bits per heavy atom. The van der Waals surface area contributed by atoms with Crippen LogP contribution in [0.4, 0.5) is 4.79 Å². The Labute approximate surface area is 154 Å². The number of amides is 2. The molecule has 2 atom stereocenters. The van der Waals surface area contributed by atoms with Crippen LogP contribution in [0.5, 0.6) is 5.75 Å². The molecule has 2 unspecified atom stereocenters. The van der Waals surface area contributed by atoms with Crippen molar-refractivity contribution in [2.45, 2.75) is 31.9 Å². The molecule has 138 valence electrons. The fourth-order valence-electron chi connectivity index (χ4n) is 3.12. The number of benzene rings is 2. The molecule has 0 saturated carbocycles. The Bertz CT molecular complexity index is 703. The average molecular weight is 354 g/mol. The van der Waals surface area contributed by atoms with E-state index in [2.05, 4.69) is 5.32 Å². The van der Waals surface area contributed by atoms with Gasteiger partial charge in [0.05, 0.1) is 13.2 Å². The monoisotopic (exact) mass is 354 g/mol. The molecule has 0 bridgehead atoms. The van der Waals surface area contributed by atoms with Gasteiger partial charge in [-0.1, -0.05) is 42.5 Å². The maximum absolute atomic E-state index is 12.6. The third-order valence-corrected chi connectivity index (χ3v) is 4.70. The molecule has 1 aliphatic heterocycles. The van der Waals surface area contributed by atoms with Gasteiger partial charge in [0.15, 0.2) is 0 Å². The second kappa shape index (κ2) is 8.72. The van der Waals surface area contributed by atoms with Crippen molar-refractivity contribution in [1.29, 1.82) is 0 Å². The van der Waals surface area contributed by atoms with E-state index in [1.165, 1.54) is 0 Å². The van der Waals surface area contributed by atoms with Crippen LogP contribution < -0.4 is 5.32 Å². The van der Waals surface area contributed by atoms with E-state index in [1.807, 2.05) is 54.3 Å². The predicted molar refractivity (Wildman–Crippen MR) is 101 cm³/mol. The molecule has 1 heterocycles. The van der Waals surface area contributed by atoms with E-state index >= 15 is 0 Å². The second-order valence-electron chi connectivity index (χ2n) is 6.77. The molecule has 5 nitrogen and oxygen atoms in total. The molecular weight excluding hydrogens is 328 g/mol. The second-order valence-corrected chi connectivity index (χ2v) is 6.77. The summed E-state index contributed by atoms with van der Waals surface area (Å²) < 4.78 is 5.82. The number of ether oxygens (including phenoxy) is 1. The van der Waals surface area contributed by atoms with Gasteiger partial charge in [-0.25, -0.2) is 4.79 Å². The minimum Gasteiger partial charge on any atom is -0.508 e. The number of rotatable bonds is 5. The third-order valence-electron chi connectivity index (χ3n) is 4.70. The molecule has 2 amide bonds. The van der Waals surface area contributed by atoms with E-state index in [1.54, 1.807) is 12.1 Å². The number of hydrogen-bond donors (Lipinski definition) is 2. The van der Waals surface area contributed by atoms with E-state index in [0.717, 1.165) is 24.0 Å². The van der Waals surface area contributed by atoms with Gasteiger partial charge in [-0.15, -0.1) is 0 Å². The summed E-state index contributed by atoms with van der Waals surface area (Å²) >= 11 is 0. The normalized spacial score (nSPS) is 18.3. The summed E-state index contributed by atoms with van der Waals surface area (Å²) in [6.45, 7) is 3.75. The molecule has 0 aliphatic carbocycles. The minimum absolute atomic E-state index is 0.0348. The van der Waals surface area contributed by atoms with Crippen molar-refractivity contribution in [2.24, 2.45) is 0 Å². The fourth-order valence-corrected chi connectivity index (χ4v) is 3.12. The number of urea groups is 1. The minimum atomic E-state index is -0.0667. The van der Waals surface area contributed by atoms with Gasteiger partial charge in [-0.05, 0) is 43.0 Å². The molecule has 0 aromatic heterocycles. The molecule has 26 heavy (non-hydrogen) atoms. The van der Waals surface area contributed by atoms with Crippen molar-refractivity contribution in [3.05, 3.63) is 65.7 Å². The van der Waals surface area contributed by atoms with Gasteiger partial charge in [-0.2, -0.15) is 0 Å². The number of carbonyl (C=O) groups is 1. The first kappa shape index (κ1) is 18.3. The van der Waals surface area contributed by atoms with Gasteiger partial charge in [-0.3, -0.25) is 0 Å². The first-order valence-corrected chi connectivity index (χ1v) is 9.11. The topological polar surface area (TPSA) is 61.8 Å². The highest BCUT2D eigenvalue weighted by atomic mass is 16.5. The number of hydrogen-bond acceptors (Lipinski definition) is 3. The van der Waals surface area contributed by atoms with Gasteiger partial charge in [0.25, 0.3) is 0 Å². The van der Waals surface area contributed by atoms with Gasteiger partial charge >= 0.3 is 6.03 Å². The zero-order valence-electron chi connectivity index (χ0n) is 15.1. The molecule has 1 saturated heterocycles. The zero-order valence-corrected chi connectivity index (χ0v) is 15.1. The quantitative estimate of drug-likeness (QED) is 0.864. The van der Waals surface area contributed by atoms with Crippen LogP contribution in [0.15, 0.2) is 54.6 Å². The van der Waals surface area contributed by atoms with Gasteiger partial charge in [0.1, 0.15) is 11.9 Å². The van der Waals surface area contributed by atoms with E-state index in [9.17, 15) is 9.90 Å². The SMILES string of the molecule is CC(CCc1ccc(O)cc1)NC(=O)N1CCOC(c2ccccc2)C1. The highest BCUT2D eigenvalue weighted by molar-refractivity contribution is 5.74. The van der Waals surface area contributed by atoms with Gasteiger partial charge < -0.3 is 20.1 Å². The lowest BCUT2D eigenvalue weighted by Crippen LogP contribution is -2.49. The lowest BCUT2D eigenvalue weighted by Gasteiger charge is -2.34. The Morgan fingerprint density at radius 2 is 1.96 bits per heavy atom. The number of aromatic hydroxyl groups is 1. The summed E-state index contributed by atoms with van der Waals surface area (Å²) in [5.41, 5.74) is 2.25. The van der Waals surface area contributed by atoms with Crippen LogP contribution in [0.2, 0.25) is 0 Å². The molecule has 0 spiro atoms. The van der Waals surface area contributed by atoms with Crippen LogP contribution in [-0.4, -0.2) is 41.8 Å². The smallest absolute Gasteiger partial charge is 0.317 e. The van der Waals surface area contributed by atoms with Crippen molar-refractivity contribution >= 4 is 6.03 Å². The summed E-state index contributed by atoms with van der Waals surface area (Å²) in [5, 5.41) is 12.4. The largest absolute Gasteiger partial charge is 0.508 e. The predicted octanol–water partition coefficient (Wildman–Crippen LogP) is 3.50. The van der Waals surface area contributed by atoms with Crippen LogP contribution in [0.3, 0.4) is 0 Å². The Hall–Kier alpha value is -2.53. The Balaban J connectivity index is 1.48. The highest BCUT2D eigenvalue weighted by Crippen LogP contribution is 2.22. The molecule has 1 fully saturated rings. The number of nitrogens with one attached hydrogen (secondary N) is 1. The van der Waals surface area contributed by atoms with Gasteiger partial charge in [0, 0.05) is 12.6 Å². The number of phenolic OH excluding ortho intramolecular Hbond substituents is 1. The molecule has 3 rings (SSSR count). The number of phenols is 1. The lowest BCUT2D eigenvalue weighted by atomic mass is 10.1. The Morgan fingerprint density at radius 3 is 2.69 bits per heavy atom. The molecule has 0 radical (unpaired) electrons. The highest BCUT2D eigenvalue weighted by Gasteiger charge is 2.25. The number of nitrogens with zero attached hydrogens (tertiary/aromatic N) is 1. The zero-order chi connectivity index (χ0) is 18.4. The van der Waals surface area contributed by atoms with Crippen LogP contribution in [0.25, 0.3) is 0 Å². The van der Waals surface area contributed by atoms with Crippen LogP contribution >= 0.6 is 0 Å². The van der Waals surface area contributed by atoms with Crippen LogP contribution in [-0.2, 0) is 11.2 Å². The summed E-state index contributed by atoms with van der Waals surface area (Å²) in [5.74, 6) is 0.274. The number of morpholine rings is 1. The summed E-state index contributed by atoms with van der Waals surface area (Å²) in [7, 11) is 0. The molecule has 2 aromatic carbocycles. The van der Waals surface area contributed by atoms with E-state index in [4.69, 9.17) is 4.74 Å². The molecule has 2 aromatic rings. The average Bonchev–Trinajstić information content (AvgIpc) is 2.68. The maximum Gasteiger partial charge on any atom is 0.317 e. The summed E-state index contributed by atoms with van der Waals surface area (Å²) in [6, 6.07) is 17.3. The Kier molecular flexibility index (Phi) is 6.12. The van der Waals surface area contributed by atoms with E-state index < -0.39 is 0 Å².